The van der Waals surface area contributed by atoms with Crippen molar-refractivity contribution < 1.29 is 4.79 Å². The van der Waals surface area contributed by atoms with Gasteiger partial charge in [0, 0.05) is 6.42 Å². The van der Waals surface area contributed by atoms with E-state index in [0.717, 1.165) is 0 Å². The van der Waals surface area contributed by atoms with Crippen molar-refractivity contribution in [3.05, 3.63) is 18.7 Å². The predicted molar refractivity (Wildman–Crippen MR) is 66.2 cm³/mol. The van der Waals surface area contributed by atoms with Gasteiger partial charge in [-0.3, -0.25) is 4.79 Å². The van der Waals surface area contributed by atoms with Crippen molar-refractivity contribution in [2.24, 2.45) is 5.92 Å². The number of rotatable bonds is 4. The summed E-state index contributed by atoms with van der Waals surface area (Å²) in [6, 6.07) is 0. The molecule has 0 aromatic carbocycles. The van der Waals surface area contributed by atoms with Crippen LogP contribution in [-0.4, -0.2) is 20.5 Å². The Hall–Kier alpha value is -1.45. The number of carbonyl (C=O) groups excluding carboxylic acids is 1. The van der Waals surface area contributed by atoms with E-state index < -0.39 is 0 Å². The quantitative estimate of drug-likeness (QED) is 0.751. The minimum Gasteiger partial charge on any atom is -0.292 e. The molecule has 0 bridgehead atoms. The molecule has 0 saturated heterocycles. The van der Waals surface area contributed by atoms with Crippen molar-refractivity contribution in [1.29, 1.82) is 0 Å². The molecule has 4 nitrogen and oxygen atoms in total. The van der Waals surface area contributed by atoms with E-state index in [-0.39, 0.29) is 5.78 Å². The maximum atomic E-state index is 11.9. The van der Waals surface area contributed by atoms with Gasteiger partial charge < -0.3 is 0 Å². The van der Waals surface area contributed by atoms with Gasteiger partial charge in [-0.1, -0.05) is 32.3 Å². The Balaban J connectivity index is 2.20. The third-order valence-electron chi connectivity index (χ3n) is 3.32. The second-order valence-corrected chi connectivity index (χ2v) is 4.57. The van der Waals surface area contributed by atoms with Crippen molar-refractivity contribution in [2.45, 2.75) is 45.4 Å². The van der Waals surface area contributed by atoms with Crippen molar-refractivity contribution in [3.8, 4) is 0 Å². The molecule has 0 spiro atoms. The van der Waals surface area contributed by atoms with Crippen LogP contribution in [0.15, 0.2) is 18.7 Å². The second-order valence-electron chi connectivity index (χ2n) is 4.57. The van der Waals surface area contributed by atoms with Crippen molar-refractivity contribution in [1.82, 2.24) is 14.8 Å². The molecule has 0 N–H and O–H groups in total. The number of Topliss-reactive ketones (excluding diaryl/α,β-unsaturated/α-hetero) is 1. The van der Waals surface area contributed by atoms with Gasteiger partial charge in [-0.15, -0.1) is 0 Å². The van der Waals surface area contributed by atoms with Gasteiger partial charge in [0.15, 0.2) is 5.78 Å². The van der Waals surface area contributed by atoms with Crippen molar-refractivity contribution in [3.63, 3.8) is 0 Å². The molecule has 2 rings (SSSR count). The third-order valence-corrected chi connectivity index (χ3v) is 3.32. The van der Waals surface area contributed by atoms with Crippen LogP contribution >= 0.6 is 0 Å². The highest BCUT2D eigenvalue weighted by molar-refractivity contribution is 6.14. The Labute approximate surface area is 102 Å². The monoisotopic (exact) mass is 233 g/mol. The van der Waals surface area contributed by atoms with E-state index >= 15 is 0 Å². The van der Waals surface area contributed by atoms with Crippen LogP contribution in [0.4, 0.5) is 0 Å². The molecule has 92 valence electrons. The number of carbonyl (C=O) groups is 1. The Morgan fingerprint density at radius 3 is 2.76 bits per heavy atom. The second kappa shape index (κ2) is 5.75. The van der Waals surface area contributed by atoms with Gasteiger partial charge in [-0.2, -0.15) is 5.10 Å². The van der Waals surface area contributed by atoms with Gasteiger partial charge in [-0.05, 0) is 18.8 Å². The predicted octanol–water partition coefficient (Wildman–Crippen LogP) is 2.68. The standard InChI is InChI=1S/C13H19N3O/c1-2-13(17)12(16-10-14-9-15-16)8-11-6-4-3-5-7-11/h8-11H,2-7H2,1H3/b12-8-. The van der Waals surface area contributed by atoms with E-state index in [9.17, 15) is 4.79 Å². The van der Waals surface area contributed by atoms with E-state index in [1.807, 2.05) is 6.92 Å². The van der Waals surface area contributed by atoms with Gasteiger partial charge in [0.1, 0.15) is 18.4 Å². The molecule has 1 aliphatic carbocycles. The summed E-state index contributed by atoms with van der Waals surface area (Å²) < 4.78 is 1.60. The normalized spacial score (nSPS) is 18.3. The molecule has 1 aromatic rings. The lowest BCUT2D eigenvalue weighted by Gasteiger charge is -2.19. The molecular formula is C13H19N3O. The lowest BCUT2D eigenvalue weighted by atomic mass is 9.88. The molecular weight excluding hydrogens is 214 g/mol. The topological polar surface area (TPSA) is 47.8 Å². The van der Waals surface area contributed by atoms with Crippen molar-refractivity contribution in [2.75, 3.05) is 0 Å². The molecule has 4 heteroatoms. The average Bonchev–Trinajstić information content (AvgIpc) is 2.90. The number of hydrogen-bond donors (Lipinski definition) is 0. The Morgan fingerprint density at radius 2 is 2.18 bits per heavy atom. The zero-order valence-electron chi connectivity index (χ0n) is 10.3. The maximum absolute atomic E-state index is 11.9. The summed E-state index contributed by atoms with van der Waals surface area (Å²) >= 11 is 0. The summed E-state index contributed by atoms with van der Waals surface area (Å²) in [4.78, 5) is 15.8. The van der Waals surface area contributed by atoms with Crippen LogP contribution < -0.4 is 0 Å². The van der Waals surface area contributed by atoms with Crippen LogP contribution in [0.5, 0.6) is 0 Å². The number of ketones is 1. The van der Waals surface area contributed by atoms with Gasteiger partial charge in [-0.25, -0.2) is 9.67 Å². The summed E-state index contributed by atoms with van der Waals surface area (Å²) in [5.41, 5.74) is 0.692. The van der Waals surface area contributed by atoms with Crippen LogP contribution in [0.2, 0.25) is 0 Å². The summed E-state index contributed by atoms with van der Waals surface area (Å²) in [5, 5.41) is 4.07. The molecule has 0 atom stereocenters. The molecule has 0 unspecified atom stereocenters. The third kappa shape index (κ3) is 3.02. The maximum Gasteiger partial charge on any atom is 0.180 e. The Morgan fingerprint density at radius 1 is 1.41 bits per heavy atom. The summed E-state index contributed by atoms with van der Waals surface area (Å²) in [7, 11) is 0. The molecule has 1 aliphatic rings. The summed E-state index contributed by atoms with van der Waals surface area (Å²) in [6.45, 7) is 1.88. The fraction of sp³-hybridized carbons (Fsp3) is 0.615. The van der Waals surface area contributed by atoms with Gasteiger partial charge in [0.05, 0.1) is 0 Å². The van der Waals surface area contributed by atoms with E-state index in [0.29, 0.717) is 18.0 Å². The highest BCUT2D eigenvalue weighted by Crippen LogP contribution is 2.26. The van der Waals surface area contributed by atoms with Crippen molar-refractivity contribution >= 4 is 11.5 Å². The fourth-order valence-corrected chi connectivity index (χ4v) is 2.33. The SMILES string of the molecule is CCC(=O)/C(=C/C1CCCCC1)n1cncn1. The van der Waals surface area contributed by atoms with Gasteiger partial charge in [0.2, 0.25) is 0 Å². The van der Waals surface area contributed by atoms with Crippen LogP contribution in [-0.2, 0) is 4.79 Å². The molecule has 1 heterocycles. The average molecular weight is 233 g/mol. The Bertz CT molecular complexity index is 389. The minimum atomic E-state index is 0.140. The largest absolute Gasteiger partial charge is 0.292 e. The molecule has 1 fully saturated rings. The lowest BCUT2D eigenvalue weighted by Crippen LogP contribution is -2.12. The number of allylic oxidation sites excluding steroid dienone is 2. The van der Waals surface area contributed by atoms with E-state index in [4.69, 9.17) is 0 Å². The van der Waals surface area contributed by atoms with Crippen LogP contribution in [0.1, 0.15) is 45.4 Å². The van der Waals surface area contributed by atoms with E-state index in [2.05, 4.69) is 16.2 Å². The molecule has 1 saturated carbocycles. The molecule has 0 radical (unpaired) electrons. The first-order valence-electron chi connectivity index (χ1n) is 6.41. The van der Waals surface area contributed by atoms with E-state index in [1.165, 1.54) is 38.4 Å². The van der Waals surface area contributed by atoms with Gasteiger partial charge in [0.25, 0.3) is 0 Å². The first kappa shape index (κ1) is 12.0. The summed E-state index contributed by atoms with van der Waals surface area (Å²) in [5.74, 6) is 0.666. The first-order valence-corrected chi connectivity index (χ1v) is 6.41. The zero-order valence-corrected chi connectivity index (χ0v) is 10.3. The molecule has 1 aromatic heterocycles. The Kier molecular flexibility index (Phi) is 4.07. The molecule has 0 amide bonds. The summed E-state index contributed by atoms with van der Waals surface area (Å²) in [6.07, 6.45) is 11.9. The zero-order chi connectivity index (χ0) is 12.1. The lowest BCUT2D eigenvalue weighted by molar-refractivity contribution is -0.113. The fourth-order valence-electron chi connectivity index (χ4n) is 2.33. The number of nitrogens with zero attached hydrogens (tertiary/aromatic N) is 3. The minimum absolute atomic E-state index is 0.140. The van der Waals surface area contributed by atoms with Crippen LogP contribution in [0.3, 0.4) is 0 Å². The smallest absolute Gasteiger partial charge is 0.180 e. The number of hydrogen-bond acceptors (Lipinski definition) is 3. The van der Waals surface area contributed by atoms with Crippen LogP contribution in [0, 0.1) is 5.92 Å². The highest BCUT2D eigenvalue weighted by Gasteiger charge is 2.16. The molecule has 0 aliphatic heterocycles. The van der Waals surface area contributed by atoms with Gasteiger partial charge >= 0.3 is 0 Å². The van der Waals surface area contributed by atoms with Crippen LogP contribution in [0.25, 0.3) is 5.70 Å². The van der Waals surface area contributed by atoms with E-state index in [1.54, 1.807) is 11.0 Å². The number of aromatic nitrogens is 3. The highest BCUT2D eigenvalue weighted by atomic mass is 16.1. The first-order chi connectivity index (χ1) is 8.31. The molecule has 17 heavy (non-hydrogen) atoms.